The zero-order valence-corrected chi connectivity index (χ0v) is 11.4. The van der Waals surface area contributed by atoms with Crippen LogP contribution < -0.4 is 4.74 Å². The first-order valence-electron chi connectivity index (χ1n) is 6.71. The molecular formula is C18H14N2O. The van der Waals surface area contributed by atoms with Crippen molar-refractivity contribution in [3.05, 3.63) is 84.2 Å². The van der Waals surface area contributed by atoms with E-state index in [-0.39, 0.29) is 0 Å². The molecule has 3 rings (SSSR count). The van der Waals surface area contributed by atoms with Gasteiger partial charge < -0.3 is 9.30 Å². The Morgan fingerprint density at radius 3 is 2.43 bits per heavy atom. The second kappa shape index (κ2) is 5.98. The zero-order valence-electron chi connectivity index (χ0n) is 11.4. The van der Waals surface area contributed by atoms with Crippen LogP contribution in [0.1, 0.15) is 11.1 Å². The Morgan fingerprint density at radius 1 is 0.952 bits per heavy atom. The lowest BCUT2D eigenvalue weighted by molar-refractivity contribution is 0.305. The highest BCUT2D eigenvalue weighted by atomic mass is 16.5. The van der Waals surface area contributed by atoms with E-state index >= 15 is 0 Å². The number of hydrogen-bond donors (Lipinski definition) is 0. The maximum Gasteiger partial charge on any atom is 0.139 e. The summed E-state index contributed by atoms with van der Waals surface area (Å²) >= 11 is 0. The quantitative estimate of drug-likeness (QED) is 0.723. The molecule has 0 saturated carbocycles. The third kappa shape index (κ3) is 2.96. The van der Waals surface area contributed by atoms with Crippen LogP contribution in [-0.2, 0) is 6.61 Å². The highest BCUT2D eigenvalue weighted by Crippen LogP contribution is 2.23. The largest absolute Gasteiger partial charge is 0.487 e. The normalized spacial score (nSPS) is 10.0. The molecule has 1 heterocycles. The topological polar surface area (TPSA) is 38.0 Å². The van der Waals surface area contributed by atoms with Gasteiger partial charge >= 0.3 is 0 Å². The standard InChI is InChI=1S/C18H14N2O/c19-13-16-8-9-17(20-10-4-5-11-20)12-18(16)21-14-15-6-2-1-3-7-15/h1-12H,14H2. The third-order valence-electron chi connectivity index (χ3n) is 3.23. The summed E-state index contributed by atoms with van der Waals surface area (Å²) < 4.78 is 7.80. The van der Waals surface area contributed by atoms with Crippen molar-refractivity contribution in [2.24, 2.45) is 0 Å². The average Bonchev–Trinajstić information content (AvgIpc) is 3.08. The lowest BCUT2D eigenvalue weighted by atomic mass is 10.2. The molecule has 21 heavy (non-hydrogen) atoms. The first-order valence-corrected chi connectivity index (χ1v) is 6.71. The van der Waals surface area contributed by atoms with Crippen LogP contribution in [0.2, 0.25) is 0 Å². The average molecular weight is 274 g/mol. The molecule has 3 heteroatoms. The molecule has 0 N–H and O–H groups in total. The van der Waals surface area contributed by atoms with Gasteiger partial charge in [-0.05, 0) is 29.8 Å². The van der Waals surface area contributed by atoms with E-state index in [2.05, 4.69) is 6.07 Å². The summed E-state index contributed by atoms with van der Waals surface area (Å²) in [6.07, 6.45) is 3.92. The molecule has 3 aromatic rings. The predicted octanol–water partition coefficient (Wildman–Crippen LogP) is 3.93. The summed E-state index contributed by atoms with van der Waals surface area (Å²) in [5, 5.41) is 9.20. The number of nitriles is 1. The molecule has 2 aromatic carbocycles. The summed E-state index contributed by atoms with van der Waals surface area (Å²) in [6, 6.07) is 21.6. The van der Waals surface area contributed by atoms with Crippen molar-refractivity contribution < 1.29 is 4.74 Å². The number of ether oxygens (including phenoxy) is 1. The van der Waals surface area contributed by atoms with E-state index in [0.29, 0.717) is 17.9 Å². The van der Waals surface area contributed by atoms with Crippen LogP contribution in [0.15, 0.2) is 73.1 Å². The minimum Gasteiger partial charge on any atom is -0.487 e. The smallest absolute Gasteiger partial charge is 0.139 e. The van der Waals surface area contributed by atoms with E-state index in [0.717, 1.165) is 11.3 Å². The van der Waals surface area contributed by atoms with Gasteiger partial charge in [-0.2, -0.15) is 5.26 Å². The number of rotatable bonds is 4. The first-order chi connectivity index (χ1) is 10.4. The van der Waals surface area contributed by atoms with Crippen molar-refractivity contribution in [1.29, 1.82) is 5.26 Å². The van der Waals surface area contributed by atoms with Gasteiger partial charge in [0.15, 0.2) is 0 Å². The molecule has 102 valence electrons. The third-order valence-corrected chi connectivity index (χ3v) is 3.23. The Morgan fingerprint density at radius 2 is 1.71 bits per heavy atom. The Balaban J connectivity index is 1.86. The van der Waals surface area contributed by atoms with E-state index in [1.807, 2.05) is 71.6 Å². The fraction of sp³-hybridized carbons (Fsp3) is 0.0556. The van der Waals surface area contributed by atoms with Gasteiger partial charge in [0.25, 0.3) is 0 Å². The Hall–Kier alpha value is -2.99. The molecule has 0 amide bonds. The van der Waals surface area contributed by atoms with Gasteiger partial charge in [0.1, 0.15) is 18.4 Å². The highest BCUT2D eigenvalue weighted by Gasteiger charge is 2.06. The molecule has 0 bridgehead atoms. The van der Waals surface area contributed by atoms with Gasteiger partial charge in [0, 0.05) is 24.1 Å². The molecule has 0 aliphatic heterocycles. The summed E-state index contributed by atoms with van der Waals surface area (Å²) in [5.74, 6) is 0.604. The predicted molar refractivity (Wildman–Crippen MR) is 81.3 cm³/mol. The molecule has 1 aromatic heterocycles. The lowest BCUT2D eigenvalue weighted by Crippen LogP contribution is -1.99. The fourth-order valence-corrected chi connectivity index (χ4v) is 2.13. The van der Waals surface area contributed by atoms with Crippen LogP contribution in [0, 0.1) is 11.3 Å². The van der Waals surface area contributed by atoms with Crippen LogP contribution >= 0.6 is 0 Å². The van der Waals surface area contributed by atoms with E-state index in [9.17, 15) is 5.26 Å². The Labute approximate surface area is 123 Å². The van der Waals surface area contributed by atoms with Gasteiger partial charge in [-0.1, -0.05) is 30.3 Å². The molecule has 0 saturated heterocycles. The molecule has 0 radical (unpaired) electrons. The SMILES string of the molecule is N#Cc1ccc(-n2cccc2)cc1OCc1ccccc1. The van der Waals surface area contributed by atoms with E-state index in [4.69, 9.17) is 4.74 Å². The summed E-state index contributed by atoms with van der Waals surface area (Å²) in [4.78, 5) is 0. The second-order valence-electron chi connectivity index (χ2n) is 4.66. The summed E-state index contributed by atoms with van der Waals surface area (Å²) in [5.41, 5.74) is 2.59. The fourth-order valence-electron chi connectivity index (χ4n) is 2.13. The highest BCUT2D eigenvalue weighted by molar-refractivity contribution is 5.50. The van der Waals surface area contributed by atoms with Crippen molar-refractivity contribution in [2.45, 2.75) is 6.61 Å². The van der Waals surface area contributed by atoms with E-state index < -0.39 is 0 Å². The van der Waals surface area contributed by atoms with Crippen LogP contribution in [0.5, 0.6) is 5.75 Å². The number of hydrogen-bond acceptors (Lipinski definition) is 2. The number of nitrogens with zero attached hydrogens (tertiary/aromatic N) is 2. The Kier molecular flexibility index (Phi) is 3.70. The van der Waals surface area contributed by atoms with Crippen LogP contribution in [0.25, 0.3) is 5.69 Å². The molecule has 0 atom stereocenters. The molecular weight excluding hydrogens is 260 g/mol. The maximum absolute atomic E-state index is 9.20. The molecule has 0 unspecified atom stereocenters. The summed E-state index contributed by atoms with van der Waals surface area (Å²) in [7, 11) is 0. The van der Waals surface area contributed by atoms with Gasteiger partial charge in [0.2, 0.25) is 0 Å². The minimum atomic E-state index is 0.449. The zero-order chi connectivity index (χ0) is 14.5. The van der Waals surface area contributed by atoms with E-state index in [1.54, 1.807) is 6.07 Å². The van der Waals surface area contributed by atoms with Crippen molar-refractivity contribution in [3.8, 4) is 17.5 Å². The van der Waals surface area contributed by atoms with Crippen molar-refractivity contribution in [2.75, 3.05) is 0 Å². The van der Waals surface area contributed by atoms with Crippen molar-refractivity contribution >= 4 is 0 Å². The van der Waals surface area contributed by atoms with Crippen LogP contribution in [0.4, 0.5) is 0 Å². The van der Waals surface area contributed by atoms with Gasteiger partial charge in [-0.3, -0.25) is 0 Å². The second-order valence-corrected chi connectivity index (χ2v) is 4.66. The number of aromatic nitrogens is 1. The van der Waals surface area contributed by atoms with Crippen molar-refractivity contribution in [3.63, 3.8) is 0 Å². The van der Waals surface area contributed by atoms with Gasteiger partial charge in [-0.15, -0.1) is 0 Å². The van der Waals surface area contributed by atoms with Gasteiger partial charge in [-0.25, -0.2) is 0 Å². The lowest BCUT2D eigenvalue weighted by Gasteiger charge is -2.10. The van der Waals surface area contributed by atoms with Crippen LogP contribution in [0.3, 0.4) is 0 Å². The Bertz CT molecular complexity index is 756. The molecule has 0 aliphatic carbocycles. The molecule has 0 spiro atoms. The monoisotopic (exact) mass is 274 g/mol. The molecule has 0 fully saturated rings. The van der Waals surface area contributed by atoms with Crippen molar-refractivity contribution in [1.82, 2.24) is 4.57 Å². The molecule has 3 nitrogen and oxygen atoms in total. The maximum atomic E-state index is 9.20. The minimum absolute atomic E-state index is 0.449. The van der Waals surface area contributed by atoms with E-state index in [1.165, 1.54) is 0 Å². The first kappa shape index (κ1) is 13.0. The summed E-state index contributed by atoms with van der Waals surface area (Å²) in [6.45, 7) is 0.449. The van der Waals surface area contributed by atoms with Gasteiger partial charge in [0.05, 0.1) is 5.56 Å². The number of benzene rings is 2. The molecule has 0 aliphatic rings. The van der Waals surface area contributed by atoms with Crippen LogP contribution in [-0.4, -0.2) is 4.57 Å².